The van der Waals surface area contributed by atoms with Gasteiger partial charge in [0, 0.05) is 18.0 Å². The lowest BCUT2D eigenvalue weighted by Crippen LogP contribution is -2.42. The maximum Gasteiger partial charge on any atom is 0.430 e. The molecule has 0 aliphatic carbocycles. The van der Waals surface area contributed by atoms with Crippen LogP contribution in [0.1, 0.15) is 11.3 Å². The molecule has 0 aliphatic heterocycles. The van der Waals surface area contributed by atoms with Crippen molar-refractivity contribution in [2.24, 2.45) is 0 Å². The van der Waals surface area contributed by atoms with E-state index in [-0.39, 0.29) is 0 Å². The first kappa shape index (κ1) is 30.3. The van der Waals surface area contributed by atoms with Gasteiger partial charge in [-0.2, -0.15) is 17.6 Å². The number of fused-ring (bicyclic) bond motifs is 1. The minimum absolute atomic E-state index is 0.741. The van der Waals surface area contributed by atoms with E-state index in [1.165, 1.54) is 21.7 Å². The van der Waals surface area contributed by atoms with E-state index in [1.807, 2.05) is 18.2 Å². The normalized spacial score (nSPS) is 11.8. The van der Waals surface area contributed by atoms with Crippen LogP contribution in [0.2, 0.25) is 5.02 Å². The van der Waals surface area contributed by atoms with Gasteiger partial charge in [-0.15, -0.1) is 0 Å². The molecule has 2 heterocycles. The summed E-state index contributed by atoms with van der Waals surface area (Å²) in [6.45, 7) is 2.94. The van der Waals surface area contributed by atoms with E-state index in [0.29, 0.717) is 0 Å². The molecule has 210 valence electrons. The largest absolute Gasteiger partial charge is 0.542 e. The number of halogens is 4. The van der Waals surface area contributed by atoms with Crippen LogP contribution in [-0.2, 0) is 23.1 Å². The zero-order chi connectivity index (χ0) is 29.6. The summed E-state index contributed by atoms with van der Waals surface area (Å²) in [6.07, 6.45) is 1.25. The summed E-state index contributed by atoms with van der Waals surface area (Å²) >= 11 is 12.8. The number of aromatic nitrogens is 2. The van der Waals surface area contributed by atoms with Crippen molar-refractivity contribution in [1.29, 1.82) is 0 Å². The van der Waals surface area contributed by atoms with Gasteiger partial charge in [-0.05, 0) is 40.4 Å². The van der Waals surface area contributed by atoms with Crippen LogP contribution in [0.4, 0.5) is 13.2 Å². The standard InChI is InChI=1S/C29H25ClN2PS.C2HF3O2/c1-23-29(33(34,26-15-4-2-5-16-26)27-17-6-3-7-18-27)32-20-9-8-19-28(32)31(23)21-11-13-24-12-10-14-25(30)22-24;3-2(4,5)1(6)7/h2-20,22H,21H2,1H3;(H,6,7)/q+1;/p-1/b13-11+;. The number of carboxylic acids is 1. The fourth-order valence-electron chi connectivity index (χ4n) is 4.48. The van der Waals surface area contributed by atoms with Gasteiger partial charge in [0.15, 0.2) is 5.44 Å². The van der Waals surface area contributed by atoms with Crippen LogP contribution in [-0.4, -0.2) is 16.7 Å². The number of nitrogens with zero attached hydrogens (tertiary/aromatic N) is 2. The van der Waals surface area contributed by atoms with Gasteiger partial charge in [0.05, 0.1) is 12.2 Å². The molecule has 0 radical (unpaired) electrons. The Hall–Kier alpha value is -3.71. The molecule has 0 atom stereocenters. The van der Waals surface area contributed by atoms with Crippen molar-refractivity contribution in [2.75, 3.05) is 0 Å². The third-order valence-corrected chi connectivity index (χ3v) is 11.5. The molecule has 10 heteroatoms. The van der Waals surface area contributed by atoms with E-state index < -0.39 is 18.2 Å². The SMILES string of the molecule is Cc1c(P(=S)(c2ccccc2)c2ccccc2)[n+]2ccccc2n1C/C=C/c1cccc(Cl)c1.O=C([O-])C(F)(F)F. The highest BCUT2D eigenvalue weighted by molar-refractivity contribution is 8.25. The van der Waals surface area contributed by atoms with E-state index in [2.05, 4.69) is 119 Å². The molecule has 5 aromatic rings. The van der Waals surface area contributed by atoms with Gasteiger partial charge >= 0.3 is 6.18 Å². The summed E-state index contributed by atoms with van der Waals surface area (Å²) in [5.41, 5.74) is 4.62. The van der Waals surface area contributed by atoms with Crippen LogP contribution in [0.15, 0.2) is 115 Å². The van der Waals surface area contributed by atoms with E-state index >= 15 is 0 Å². The Balaban J connectivity index is 0.000000493. The number of allylic oxidation sites excluding steroid dienone is 1. The smallest absolute Gasteiger partial charge is 0.430 e. The number of alkyl halides is 3. The fraction of sp³-hybridized carbons (Fsp3) is 0.0968. The van der Waals surface area contributed by atoms with Gasteiger partial charge in [0.1, 0.15) is 18.2 Å². The third-order valence-electron chi connectivity index (χ3n) is 6.29. The first-order valence-corrected chi connectivity index (χ1v) is 15.6. The summed E-state index contributed by atoms with van der Waals surface area (Å²) in [4.78, 5) is 8.78. The van der Waals surface area contributed by atoms with Crippen molar-refractivity contribution in [3.8, 4) is 0 Å². The molecular formula is C31H25ClF3N2O2PS. The summed E-state index contributed by atoms with van der Waals surface area (Å²) in [5.74, 6) is -3.01. The van der Waals surface area contributed by atoms with Crippen LogP contribution in [0, 0.1) is 6.92 Å². The number of aliphatic carboxylic acids is 1. The quantitative estimate of drug-likeness (QED) is 0.201. The lowest BCUT2D eigenvalue weighted by molar-refractivity contribution is -0.490. The summed E-state index contributed by atoms with van der Waals surface area (Å²) < 4.78 is 36.2. The molecule has 2 aromatic heterocycles. The van der Waals surface area contributed by atoms with Crippen LogP contribution in [0.5, 0.6) is 0 Å². The van der Waals surface area contributed by atoms with Gasteiger partial charge < -0.3 is 9.90 Å². The Kier molecular flexibility index (Phi) is 9.49. The second kappa shape index (κ2) is 12.9. The van der Waals surface area contributed by atoms with Gasteiger partial charge in [0.25, 0.3) is 5.65 Å². The molecule has 0 aliphatic rings. The van der Waals surface area contributed by atoms with Crippen molar-refractivity contribution in [1.82, 2.24) is 4.57 Å². The molecule has 41 heavy (non-hydrogen) atoms. The van der Waals surface area contributed by atoms with Crippen LogP contribution in [0.25, 0.3) is 11.7 Å². The summed E-state index contributed by atoms with van der Waals surface area (Å²) in [5, 5.41) is 11.9. The predicted molar refractivity (Wildman–Crippen MR) is 160 cm³/mol. The average molecular weight is 613 g/mol. The number of carbonyl (C=O) groups excluding carboxylic acids is 1. The fourth-order valence-corrected chi connectivity index (χ4v) is 9.09. The Bertz CT molecular complexity index is 1700. The Morgan fingerprint density at radius 2 is 1.51 bits per heavy atom. The first-order valence-electron chi connectivity index (χ1n) is 12.4. The topological polar surface area (TPSA) is 49.2 Å². The molecule has 0 amide bonds. The lowest BCUT2D eigenvalue weighted by atomic mass is 10.2. The minimum Gasteiger partial charge on any atom is -0.542 e. The molecule has 4 nitrogen and oxygen atoms in total. The van der Waals surface area contributed by atoms with Crippen LogP contribution >= 0.6 is 17.6 Å². The van der Waals surface area contributed by atoms with Crippen molar-refractivity contribution in [2.45, 2.75) is 19.6 Å². The zero-order valence-electron chi connectivity index (χ0n) is 21.8. The molecule has 0 unspecified atom stereocenters. The average Bonchev–Trinajstić information content (AvgIpc) is 3.25. The van der Waals surface area contributed by atoms with E-state index in [4.69, 9.17) is 33.3 Å². The monoisotopic (exact) mass is 612 g/mol. The predicted octanol–water partition coefficient (Wildman–Crippen LogP) is 4.96. The number of imidazole rings is 1. The third kappa shape index (κ3) is 6.79. The van der Waals surface area contributed by atoms with Crippen LogP contribution in [0.3, 0.4) is 0 Å². The number of hydrogen-bond acceptors (Lipinski definition) is 3. The first-order chi connectivity index (χ1) is 19.5. The highest BCUT2D eigenvalue weighted by Crippen LogP contribution is 2.43. The van der Waals surface area contributed by atoms with Gasteiger partial charge in [-0.25, -0.2) is 4.57 Å². The number of carboxylic acid groups (broad SMARTS) is 1. The van der Waals surface area contributed by atoms with Crippen molar-refractivity contribution < 1.29 is 27.5 Å². The molecule has 5 rings (SSSR count). The molecular weight excluding hydrogens is 588 g/mol. The molecule has 0 N–H and O–H groups in total. The number of rotatable bonds is 6. The molecule has 0 saturated heterocycles. The Morgan fingerprint density at radius 3 is 2.05 bits per heavy atom. The molecule has 0 saturated carbocycles. The molecule has 3 aromatic carbocycles. The van der Waals surface area contributed by atoms with E-state index in [0.717, 1.165) is 22.8 Å². The summed E-state index contributed by atoms with van der Waals surface area (Å²) in [6, 6.07) is 33.1. The van der Waals surface area contributed by atoms with Gasteiger partial charge in [-0.3, -0.25) is 0 Å². The van der Waals surface area contributed by atoms with Crippen LogP contribution < -0.4 is 25.6 Å². The maximum atomic E-state index is 10.5. The number of hydrogen-bond donors (Lipinski definition) is 0. The molecule has 0 fully saturated rings. The molecule has 0 bridgehead atoms. The second-order valence-corrected chi connectivity index (χ2v) is 13.7. The maximum absolute atomic E-state index is 10.5. The number of carbonyl (C=O) groups is 1. The zero-order valence-corrected chi connectivity index (χ0v) is 24.3. The van der Waals surface area contributed by atoms with Crippen molar-refractivity contribution >= 4 is 63.2 Å². The number of pyridine rings is 1. The van der Waals surface area contributed by atoms with E-state index in [9.17, 15) is 13.2 Å². The number of benzene rings is 3. The van der Waals surface area contributed by atoms with E-state index in [1.54, 1.807) is 0 Å². The highest BCUT2D eigenvalue weighted by Gasteiger charge is 2.36. The molecule has 0 spiro atoms. The highest BCUT2D eigenvalue weighted by atomic mass is 35.5. The Morgan fingerprint density at radius 1 is 0.951 bits per heavy atom. The summed E-state index contributed by atoms with van der Waals surface area (Å²) in [7, 11) is 0. The lowest BCUT2D eigenvalue weighted by Gasteiger charge is -2.21. The van der Waals surface area contributed by atoms with Gasteiger partial charge in [-0.1, -0.05) is 108 Å². The van der Waals surface area contributed by atoms with Gasteiger partial charge in [0.2, 0.25) is 0 Å². The second-order valence-electron chi connectivity index (χ2n) is 8.97. The van der Waals surface area contributed by atoms with Crippen molar-refractivity contribution in [3.05, 3.63) is 132 Å². The Labute approximate surface area is 246 Å². The minimum atomic E-state index is -5.19. The van der Waals surface area contributed by atoms with Crippen molar-refractivity contribution in [3.63, 3.8) is 0 Å².